The summed E-state index contributed by atoms with van der Waals surface area (Å²) in [5, 5.41) is 0. The van der Waals surface area contributed by atoms with E-state index in [1.165, 1.54) is 24.8 Å². The highest BCUT2D eigenvalue weighted by Crippen LogP contribution is 2.30. The number of hydrogen-bond acceptors (Lipinski definition) is 0. The van der Waals surface area contributed by atoms with Gasteiger partial charge in [0, 0.05) is 6.04 Å². The van der Waals surface area contributed by atoms with Crippen LogP contribution < -0.4 is 5.73 Å². The Morgan fingerprint density at radius 1 is 1.23 bits per heavy atom. The summed E-state index contributed by atoms with van der Waals surface area (Å²) in [6.45, 7) is 0. The van der Waals surface area contributed by atoms with Crippen molar-refractivity contribution in [1.29, 1.82) is 0 Å². The molecule has 0 heterocycles. The number of rotatable bonds is 3. The third-order valence-electron chi connectivity index (χ3n) is 3.02. The van der Waals surface area contributed by atoms with Gasteiger partial charge in [0.25, 0.3) is 0 Å². The Morgan fingerprint density at radius 2 is 1.92 bits per heavy atom. The Morgan fingerprint density at radius 3 is 2.46 bits per heavy atom. The van der Waals surface area contributed by atoms with Crippen LogP contribution in [0.3, 0.4) is 0 Å². The molecule has 2 rings (SSSR count). The van der Waals surface area contributed by atoms with E-state index >= 15 is 0 Å². The number of nitrogens with one attached hydrogen (secondary N) is 1. The average molecular weight is 174 g/mol. The van der Waals surface area contributed by atoms with Crippen molar-refractivity contribution in [2.24, 2.45) is 5.92 Å². The maximum atomic E-state index is 7.97. The molecule has 1 fully saturated rings. The molecule has 0 spiro atoms. The molecule has 1 aromatic rings. The molecule has 13 heavy (non-hydrogen) atoms. The number of hydrogen-bond donors (Lipinski definition) is 0. The Labute approximate surface area is 80.0 Å². The largest absolute Gasteiger partial charge is 0.254 e. The van der Waals surface area contributed by atoms with Crippen LogP contribution in [0.1, 0.15) is 24.8 Å². The predicted octanol–water partition coefficient (Wildman–Crippen LogP) is 2.68. The summed E-state index contributed by atoms with van der Waals surface area (Å²) in [5.74, 6) is 0.681. The molecule has 1 heteroatoms. The molecule has 1 aromatic carbocycles. The lowest BCUT2D eigenvalue weighted by Crippen LogP contribution is -2.29. The fourth-order valence-electron chi connectivity index (χ4n) is 1.88. The van der Waals surface area contributed by atoms with Gasteiger partial charge in [-0.2, -0.15) is 0 Å². The molecule has 1 N–H and O–H groups in total. The first-order valence-corrected chi connectivity index (χ1v) is 5.11. The summed E-state index contributed by atoms with van der Waals surface area (Å²) in [6.07, 6.45) is 4.84. The van der Waals surface area contributed by atoms with E-state index in [9.17, 15) is 0 Å². The van der Waals surface area contributed by atoms with Crippen molar-refractivity contribution in [2.45, 2.75) is 31.7 Å². The van der Waals surface area contributed by atoms with Gasteiger partial charge in [-0.25, -0.2) is 0 Å². The van der Waals surface area contributed by atoms with Crippen molar-refractivity contribution in [3.05, 3.63) is 35.9 Å². The van der Waals surface area contributed by atoms with Crippen molar-refractivity contribution in [2.75, 3.05) is 0 Å². The molecular formula is C12H16N. The number of benzene rings is 1. The van der Waals surface area contributed by atoms with Gasteiger partial charge >= 0.3 is 0 Å². The summed E-state index contributed by atoms with van der Waals surface area (Å²) in [4.78, 5) is 0. The third-order valence-corrected chi connectivity index (χ3v) is 3.02. The van der Waals surface area contributed by atoms with Crippen molar-refractivity contribution < 1.29 is 0 Å². The van der Waals surface area contributed by atoms with Gasteiger partial charge in [0.05, 0.1) is 0 Å². The summed E-state index contributed by atoms with van der Waals surface area (Å²) in [6, 6.07) is 10.5. The van der Waals surface area contributed by atoms with Gasteiger partial charge < -0.3 is 0 Å². The van der Waals surface area contributed by atoms with Crippen LogP contribution in [0.4, 0.5) is 0 Å². The molecule has 0 aromatic heterocycles. The van der Waals surface area contributed by atoms with Crippen LogP contribution in [0.15, 0.2) is 30.3 Å². The van der Waals surface area contributed by atoms with Crippen LogP contribution in [-0.4, -0.2) is 6.04 Å². The molecule has 1 unspecified atom stereocenters. The lowest BCUT2D eigenvalue weighted by molar-refractivity contribution is 0.255. The SMILES string of the molecule is [NH]C(Cc1ccccc1)C1CCC1. The first kappa shape index (κ1) is 8.76. The monoisotopic (exact) mass is 174 g/mol. The molecule has 1 nitrogen and oxygen atoms in total. The van der Waals surface area contributed by atoms with Gasteiger partial charge in [0.2, 0.25) is 0 Å². The molecule has 0 aliphatic heterocycles. The fourth-order valence-corrected chi connectivity index (χ4v) is 1.88. The lowest BCUT2D eigenvalue weighted by atomic mass is 9.78. The van der Waals surface area contributed by atoms with Crippen LogP contribution in [0.2, 0.25) is 0 Å². The van der Waals surface area contributed by atoms with Crippen molar-refractivity contribution in [3.63, 3.8) is 0 Å². The van der Waals surface area contributed by atoms with Crippen molar-refractivity contribution in [1.82, 2.24) is 5.73 Å². The molecular weight excluding hydrogens is 158 g/mol. The van der Waals surface area contributed by atoms with Crippen LogP contribution in [0, 0.1) is 5.92 Å². The molecule has 1 aliphatic rings. The Balaban J connectivity index is 1.90. The van der Waals surface area contributed by atoms with Gasteiger partial charge in [-0.15, -0.1) is 0 Å². The summed E-state index contributed by atoms with van der Waals surface area (Å²) >= 11 is 0. The molecule has 69 valence electrons. The highest BCUT2D eigenvalue weighted by Gasteiger charge is 2.24. The van der Waals surface area contributed by atoms with Crippen LogP contribution in [-0.2, 0) is 6.42 Å². The van der Waals surface area contributed by atoms with Crippen LogP contribution >= 0.6 is 0 Å². The quantitative estimate of drug-likeness (QED) is 0.672. The molecule has 0 saturated heterocycles. The molecule has 0 amide bonds. The summed E-state index contributed by atoms with van der Waals surface area (Å²) in [7, 11) is 0. The molecule has 0 bridgehead atoms. The molecule has 1 saturated carbocycles. The summed E-state index contributed by atoms with van der Waals surface area (Å²) in [5.41, 5.74) is 9.28. The second-order valence-electron chi connectivity index (χ2n) is 3.99. The van der Waals surface area contributed by atoms with Crippen LogP contribution in [0.25, 0.3) is 0 Å². The topological polar surface area (TPSA) is 23.8 Å². The highest BCUT2D eigenvalue weighted by atomic mass is 14.7. The van der Waals surface area contributed by atoms with E-state index in [1.807, 2.05) is 6.07 Å². The maximum Gasteiger partial charge on any atom is 0.0281 e. The molecule has 1 radical (unpaired) electrons. The lowest BCUT2D eigenvalue weighted by Gasteiger charge is -2.30. The second-order valence-corrected chi connectivity index (χ2v) is 3.99. The van der Waals surface area contributed by atoms with E-state index in [2.05, 4.69) is 24.3 Å². The second kappa shape index (κ2) is 3.93. The Hall–Kier alpha value is -0.820. The van der Waals surface area contributed by atoms with Gasteiger partial charge in [-0.1, -0.05) is 36.8 Å². The van der Waals surface area contributed by atoms with E-state index in [1.54, 1.807) is 0 Å². The van der Waals surface area contributed by atoms with Gasteiger partial charge in [0.15, 0.2) is 0 Å². The van der Waals surface area contributed by atoms with E-state index in [4.69, 9.17) is 5.73 Å². The first-order valence-electron chi connectivity index (χ1n) is 5.11. The Bertz CT molecular complexity index is 251. The zero-order valence-corrected chi connectivity index (χ0v) is 7.87. The van der Waals surface area contributed by atoms with E-state index in [-0.39, 0.29) is 6.04 Å². The Kier molecular flexibility index (Phi) is 2.65. The minimum atomic E-state index is 0.135. The minimum absolute atomic E-state index is 0.135. The molecule has 1 atom stereocenters. The predicted molar refractivity (Wildman–Crippen MR) is 54.4 cm³/mol. The van der Waals surface area contributed by atoms with E-state index < -0.39 is 0 Å². The fraction of sp³-hybridized carbons (Fsp3) is 0.500. The first-order chi connectivity index (χ1) is 6.36. The standard InChI is InChI=1S/C12H16N/c13-12(11-7-4-8-11)9-10-5-2-1-3-6-10/h1-3,5-6,11-13H,4,7-9H2. The van der Waals surface area contributed by atoms with Crippen molar-refractivity contribution >= 4 is 0 Å². The molecule has 1 aliphatic carbocycles. The van der Waals surface area contributed by atoms with E-state index in [0.29, 0.717) is 5.92 Å². The highest BCUT2D eigenvalue weighted by molar-refractivity contribution is 5.16. The van der Waals surface area contributed by atoms with Gasteiger partial charge in [-0.3, -0.25) is 5.73 Å². The van der Waals surface area contributed by atoms with Gasteiger partial charge in [0.1, 0.15) is 0 Å². The van der Waals surface area contributed by atoms with E-state index in [0.717, 1.165) is 6.42 Å². The zero-order chi connectivity index (χ0) is 9.10. The summed E-state index contributed by atoms with van der Waals surface area (Å²) < 4.78 is 0. The minimum Gasteiger partial charge on any atom is -0.254 e. The maximum absolute atomic E-state index is 7.97. The third kappa shape index (κ3) is 2.10. The zero-order valence-electron chi connectivity index (χ0n) is 7.87. The normalized spacial score (nSPS) is 19.5. The average Bonchev–Trinajstić information content (AvgIpc) is 2.02. The smallest absolute Gasteiger partial charge is 0.0281 e. The van der Waals surface area contributed by atoms with Gasteiger partial charge in [-0.05, 0) is 30.7 Å². The van der Waals surface area contributed by atoms with Crippen LogP contribution in [0.5, 0.6) is 0 Å². The van der Waals surface area contributed by atoms with Crippen molar-refractivity contribution in [3.8, 4) is 0 Å².